The first kappa shape index (κ1) is 20.5. The first-order valence-electron chi connectivity index (χ1n) is 9.56. The number of anilines is 1. The number of nitrogens with zero attached hydrogens (tertiary/aromatic N) is 1. The maximum Gasteiger partial charge on any atom is 0.255 e. The number of likely N-dealkylation sites (tertiary alicyclic amines) is 1. The SMILES string of the molecule is CC(C)N1C[C@@H](C(=O)NCc2cccc(NC(=O)c3ccc(F)cc3)c2)CC1=O. The molecule has 0 unspecified atom stereocenters. The molecule has 1 atom stereocenters. The summed E-state index contributed by atoms with van der Waals surface area (Å²) in [5.74, 6) is -1.23. The van der Waals surface area contributed by atoms with Crippen LogP contribution in [0, 0.1) is 11.7 Å². The fourth-order valence-corrected chi connectivity index (χ4v) is 3.30. The Labute approximate surface area is 169 Å². The van der Waals surface area contributed by atoms with Crippen LogP contribution in [-0.2, 0) is 16.1 Å². The third kappa shape index (κ3) is 5.19. The first-order chi connectivity index (χ1) is 13.8. The molecule has 0 spiro atoms. The van der Waals surface area contributed by atoms with Gasteiger partial charge in [-0.25, -0.2) is 4.39 Å². The van der Waals surface area contributed by atoms with Crippen LogP contribution in [0.1, 0.15) is 36.2 Å². The Balaban J connectivity index is 1.56. The average molecular weight is 397 g/mol. The number of carbonyl (C=O) groups is 3. The molecule has 1 fully saturated rings. The summed E-state index contributed by atoms with van der Waals surface area (Å²) < 4.78 is 13.0. The Morgan fingerprint density at radius 2 is 1.90 bits per heavy atom. The summed E-state index contributed by atoms with van der Waals surface area (Å²) in [5, 5.41) is 5.63. The molecular weight excluding hydrogens is 373 g/mol. The minimum absolute atomic E-state index is 0.00523. The van der Waals surface area contributed by atoms with E-state index in [1.165, 1.54) is 24.3 Å². The fourth-order valence-electron chi connectivity index (χ4n) is 3.30. The lowest BCUT2D eigenvalue weighted by molar-refractivity contribution is -0.130. The van der Waals surface area contributed by atoms with Crippen molar-refractivity contribution >= 4 is 23.4 Å². The van der Waals surface area contributed by atoms with Gasteiger partial charge in [-0.05, 0) is 55.8 Å². The van der Waals surface area contributed by atoms with Crippen LogP contribution in [0.3, 0.4) is 0 Å². The Kier molecular flexibility index (Phi) is 6.26. The van der Waals surface area contributed by atoms with Crippen LogP contribution in [0.15, 0.2) is 48.5 Å². The zero-order chi connectivity index (χ0) is 21.0. The third-order valence-electron chi connectivity index (χ3n) is 4.91. The average Bonchev–Trinajstić information content (AvgIpc) is 3.09. The van der Waals surface area contributed by atoms with Gasteiger partial charge < -0.3 is 15.5 Å². The number of rotatable bonds is 6. The standard InChI is InChI=1S/C22H24FN3O3/c1-14(2)26-13-17(11-20(26)27)21(28)24-12-15-4-3-5-19(10-15)25-22(29)16-6-8-18(23)9-7-16/h3-10,14,17H,11-13H2,1-2H3,(H,24,28)(H,25,29)/t17-/m0/s1. The molecule has 1 aliphatic heterocycles. The molecule has 1 saturated heterocycles. The first-order valence-corrected chi connectivity index (χ1v) is 9.56. The molecule has 0 aromatic heterocycles. The van der Waals surface area contributed by atoms with Gasteiger partial charge in [0, 0.05) is 36.8 Å². The molecule has 6 nitrogen and oxygen atoms in total. The lowest BCUT2D eigenvalue weighted by Gasteiger charge is -2.20. The van der Waals surface area contributed by atoms with Gasteiger partial charge in [-0.15, -0.1) is 0 Å². The summed E-state index contributed by atoms with van der Waals surface area (Å²) in [4.78, 5) is 38.4. The van der Waals surface area contributed by atoms with Gasteiger partial charge in [0.1, 0.15) is 5.82 Å². The van der Waals surface area contributed by atoms with Crippen LogP contribution < -0.4 is 10.6 Å². The molecular formula is C22H24FN3O3. The Bertz CT molecular complexity index is 912. The number of halogens is 1. The van der Waals surface area contributed by atoms with E-state index in [4.69, 9.17) is 0 Å². The molecule has 0 aliphatic carbocycles. The van der Waals surface area contributed by atoms with Gasteiger partial charge in [0.25, 0.3) is 5.91 Å². The maximum atomic E-state index is 13.0. The molecule has 3 rings (SSSR count). The van der Waals surface area contributed by atoms with E-state index in [1.54, 1.807) is 23.1 Å². The number of amides is 3. The number of nitrogens with one attached hydrogen (secondary N) is 2. The highest BCUT2D eigenvalue weighted by Crippen LogP contribution is 2.20. The highest BCUT2D eigenvalue weighted by atomic mass is 19.1. The quantitative estimate of drug-likeness (QED) is 0.787. The Hall–Kier alpha value is -3.22. The summed E-state index contributed by atoms with van der Waals surface area (Å²) in [5.41, 5.74) is 1.75. The van der Waals surface area contributed by atoms with Crippen molar-refractivity contribution in [3.05, 3.63) is 65.5 Å². The van der Waals surface area contributed by atoms with E-state index in [9.17, 15) is 18.8 Å². The summed E-state index contributed by atoms with van der Waals surface area (Å²) in [7, 11) is 0. The Morgan fingerprint density at radius 1 is 1.17 bits per heavy atom. The maximum absolute atomic E-state index is 13.0. The van der Waals surface area contributed by atoms with Crippen molar-refractivity contribution in [2.24, 2.45) is 5.92 Å². The van der Waals surface area contributed by atoms with Crippen LogP contribution in [0.4, 0.5) is 10.1 Å². The predicted octanol–water partition coefficient (Wildman–Crippen LogP) is 2.95. The molecule has 1 heterocycles. The lowest BCUT2D eigenvalue weighted by atomic mass is 10.1. The van der Waals surface area contributed by atoms with E-state index < -0.39 is 5.82 Å². The molecule has 2 aromatic carbocycles. The predicted molar refractivity (Wildman–Crippen MR) is 108 cm³/mol. The van der Waals surface area contributed by atoms with Crippen LogP contribution in [-0.4, -0.2) is 35.2 Å². The van der Waals surface area contributed by atoms with Crippen molar-refractivity contribution in [2.45, 2.75) is 32.9 Å². The fraction of sp³-hybridized carbons (Fsp3) is 0.318. The molecule has 1 aliphatic rings. The molecule has 0 bridgehead atoms. The van der Waals surface area contributed by atoms with Gasteiger partial charge in [-0.2, -0.15) is 0 Å². The van der Waals surface area contributed by atoms with Crippen molar-refractivity contribution in [3.63, 3.8) is 0 Å². The van der Waals surface area contributed by atoms with Crippen LogP contribution >= 0.6 is 0 Å². The molecule has 0 saturated carbocycles. The summed E-state index contributed by atoms with van der Waals surface area (Å²) >= 11 is 0. The van der Waals surface area contributed by atoms with Crippen molar-refractivity contribution in [2.75, 3.05) is 11.9 Å². The number of carbonyl (C=O) groups excluding carboxylic acids is 3. The van der Waals surface area contributed by atoms with Crippen LogP contribution in [0.2, 0.25) is 0 Å². The molecule has 3 amide bonds. The number of hydrogen-bond acceptors (Lipinski definition) is 3. The second-order valence-electron chi connectivity index (χ2n) is 7.42. The molecule has 0 radical (unpaired) electrons. The minimum Gasteiger partial charge on any atom is -0.352 e. The molecule has 152 valence electrons. The van der Waals surface area contributed by atoms with E-state index >= 15 is 0 Å². The van der Waals surface area contributed by atoms with Crippen LogP contribution in [0.25, 0.3) is 0 Å². The summed E-state index contributed by atoms with van der Waals surface area (Å²) in [6.07, 6.45) is 0.234. The van der Waals surface area contributed by atoms with Crippen LogP contribution in [0.5, 0.6) is 0 Å². The molecule has 2 N–H and O–H groups in total. The number of benzene rings is 2. The number of hydrogen-bond donors (Lipinski definition) is 2. The van der Waals surface area contributed by atoms with Crippen molar-refractivity contribution < 1.29 is 18.8 Å². The van der Waals surface area contributed by atoms with E-state index in [1.807, 2.05) is 19.9 Å². The monoisotopic (exact) mass is 397 g/mol. The summed E-state index contributed by atoms with van der Waals surface area (Å²) in [6, 6.07) is 12.5. The van der Waals surface area contributed by atoms with Crippen molar-refractivity contribution in [3.8, 4) is 0 Å². The largest absolute Gasteiger partial charge is 0.352 e. The highest BCUT2D eigenvalue weighted by molar-refractivity contribution is 6.04. The molecule has 2 aromatic rings. The van der Waals surface area contributed by atoms with Gasteiger partial charge in [-0.3, -0.25) is 14.4 Å². The van der Waals surface area contributed by atoms with E-state index in [2.05, 4.69) is 10.6 Å². The van der Waals surface area contributed by atoms with Gasteiger partial charge in [0.05, 0.1) is 5.92 Å². The van der Waals surface area contributed by atoms with E-state index in [0.29, 0.717) is 24.3 Å². The third-order valence-corrected chi connectivity index (χ3v) is 4.91. The smallest absolute Gasteiger partial charge is 0.255 e. The molecule has 7 heteroatoms. The zero-order valence-electron chi connectivity index (χ0n) is 16.4. The van der Waals surface area contributed by atoms with E-state index in [-0.39, 0.29) is 36.1 Å². The topological polar surface area (TPSA) is 78.5 Å². The summed E-state index contributed by atoms with van der Waals surface area (Å²) in [6.45, 7) is 4.61. The zero-order valence-corrected chi connectivity index (χ0v) is 16.4. The normalized spacial score (nSPS) is 16.2. The van der Waals surface area contributed by atoms with E-state index in [0.717, 1.165) is 5.56 Å². The van der Waals surface area contributed by atoms with Crippen molar-refractivity contribution in [1.29, 1.82) is 0 Å². The molecule has 29 heavy (non-hydrogen) atoms. The second kappa shape index (κ2) is 8.86. The highest BCUT2D eigenvalue weighted by Gasteiger charge is 2.35. The van der Waals surface area contributed by atoms with Gasteiger partial charge in [0.15, 0.2) is 0 Å². The minimum atomic E-state index is -0.403. The second-order valence-corrected chi connectivity index (χ2v) is 7.42. The van der Waals surface area contributed by atoms with Gasteiger partial charge in [0.2, 0.25) is 11.8 Å². The Morgan fingerprint density at radius 3 is 2.55 bits per heavy atom. The van der Waals surface area contributed by atoms with Crippen molar-refractivity contribution in [1.82, 2.24) is 10.2 Å². The van der Waals surface area contributed by atoms with Gasteiger partial charge >= 0.3 is 0 Å². The van der Waals surface area contributed by atoms with Gasteiger partial charge in [-0.1, -0.05) is 12.1 Å². The lowest BCUT2D eigenvalue weighted by Crippen LogP contribution is -2.35.